The van der Waals surface area contributed by atoms with Gasteiger partial charge in [-0.15, -0.1) is 0 Å². The minimum atomic E-state index is -0.335. The van der Waals surface area contributed by atoms with E-state index in [-0.39, 0.29) is 12.6 Å². The van der Waals surface area contributed by atoms with Gasteiger partial charge in [0.15, 0.2) is 0 Å². The fraction of sp³-hybridized carbons (Fsp3) is 0.500. The molecular formula is C10H15NO3. The number of aliphatic hydroxyl groups is 1. The van der Waals surface area contributed by atoms with Crippen LogP contribution in [0.4, 0.5) is 0 Å². The Morgan fingerprint density at radius 3 is 2.57 bits per heavy atom. The third-order valence-electron chi connectivity index (χ3n) is 2.18. The molecule has 0 aliphatic heterocycles. The van der Waals surface area contributed by atoms with Crippen LogP contribution in [0, 0.1) is 13.8 Å². The van der Waals surface area contributed by atoms with Gasteiger partial charge >= 0.3 is 5.97 Å². The number of rotatable bonds is 3. The Hall–Kier alpha value is -1.29. The van der Waals surface area contributed by atoms with Crippen LogP contribution in [-0.4, -0.2) is 22.7 Å². The highest BCUT2D eigenvalue weighted by Gasteiger charge is 2.18. The Balaban J connectivity index is 3.07. The SMILES string of the molecule is CCOC(=O)c1c(C)[nH]c(CO)c1C. The van der Waals surface area contributed by atoms with Crippen LogP contribution < -0.4 is 0 Å². The molecular weight excluding hydrogens is 182 g/mol. The first-order chi connectivity index (χ1) is 6.61. The van der Waals surface area contributed by atoms with Gasteiger partial charge < -0.3 is 14.8 Å². The smallest absolute Gasteiger partial charge is 0.340 e. The molecule has 1 rings (SSSR count). The van der Waals surface area contributed by atoms with Crippen LogP contribution in [0.2, 0.25) is 0 Å². The molecule has 0 spiro atoms. The maximum absolute atomic E-state index is 11.5. The first-order valence-corrected chi connectivity index (χ1v) is 4.57. The summed E-state index contributed by atoms with van der Waals surface area (Å²) in [5.41, 5.74) is 2.72. The molecule has 0 saturated carbocycles. The highest BCUT2D eigenvalue weighted by atomic mass is 16.5. The fourth-order valence-corrected chi connectivity index (χ4v) is 1.48. The summed E-state index contributed by atoms with van der Waals surface area (Å²) in [6.45, 7) is 5.62. The molecule has 0 aliphatic rings. The van der Waals surface area contributed by atoms with Gasteiger partial charge in [0, 0.05) is 11.4 Å². The van der Waals surface area contributed by atoms with E-state index in [0.717, 1.165) is 11.3 Å². The van der Waals surface area contributed by atoms with Crippen molar-refractivity contribution in [1.29, 1.82) is 0 Å². The van der Waals surface area contributed by atoms with E-state index in [1.165, 1.54) is 0 Å². The van der Waals surface area contributed by atoms with Crippen molar-refractivity contribution in [3.8, 4) is 0 Å². The average Bonchev–Trinajstić information content (AvgIpc) is 2.41. The standard InChI is InChI=1S/C10H15NO3/c1-4-14-10(13)9-6(2)8(5-12)11-7(9)3/h11-12H,4-5H2,1-3H3. The van der Waals surface area contributed by atoms with Gasteiger partial charge in [0.05, 0.1) is 18.8 Å². The fourth-order valence-electron chi connectivity index (χ4n) is 1.48. The zero-order chi connectivity index (χ0) is 10.7. The third kappa shape index (κ3) is 1.80. The Morgan fingerprint density at radius 1 is 1.50 bits per heavy atom. The molecule has 14 heavy (non-hydrogen) atoms. The number of carbonyl (C=O) groups is 1. The number of esters is 1. The lowest BCUT2D eigenvalue weighted by molar-refractivity contribution is 0.0525. The number of aromatic nitrogens is 1. The predicted octanol–water partition coefficient (Wildman–Crippen LogP) is 1.30. The quantitative estimate of drug-likeness (QED) is 0.718. The van der Waals surface area contributed by atoms with Crippen LogP contribution in [0.1, 0.15) is 34.2 Å². The van der Waals surface area contributed by atoms with Gasteiger partial charge in [-0.1, -0.05) is 0 Å². The van der Waals surface area contributed by atoms with Crippen molar-refractivity contribution in [1.82, 2.24) is 4.98 Å². The predicted molar refractivity (Wildman–Crippen MR) is 52.1 cm³/mol. The van der Waals surface area contributed by atoms with Gasteiger partial charge in [-0.3, -0.25) is 0 Å². The molecule has 4 heteroatoms. The van der Waals surface area contributed by atoms with E-state index in [2.05, 4.69) is 4.98 Å². The van der Waals surface area contributed by atoms with Crippen LogP contribution in [0.15, 0.2) is 0 Å². The number of hydrogen-bond acceptors (Lipinski definition) is 3. The molecule has 0 saturated heterocycles. The monoisotopic (exact) mass is 197 g/mol. The first kappa shape index (κ1) is 10.8. The van der Waals surface area contributed by atoms with Crippen LogP contribution in [0.5, 0.6) is 0 Å². The van der Waals surface area contributed by atoms with Crippen molar-refractivity contribution in [2.75, 3.05) is 6.61 Å². The summed E-state index contributed by atoms with van der Waals surface area (Å²) in [5.74, 6) is -0.335. The summed E-state index contributed by atoms with van der Waals surface area (Å²) in [5, 5.41) is 8.98. The lowest BCUT2D eigenvalue weighted by atomic mass is 10.1. The second kappa shape index (κ2) is 4.28. The molecule has 0 unspecified atom stereocenters. The highest BCUT2D eigenvalue weighted by molar-refractivity contribution is 5.92. The Labute approximate surface area is 82.9 Å². The van der Waals surface area contributed by atoms with E-state index in [9.17, 15) is 4.79 Å². The van der Waals surface area contributed by atoms with Crippen molar-refractivity contribution < 1.29 is 14.6 Å². The number of nitrogens with one attached hydrogen (secondary N) is 1. The van der Waals surface area contributed by atoms with E-state index in [0.29, 0.717) is 17.9 Å². The second-order valence-corrected chi connectivity index (χ2v) is 3.11. The molecule has 0 fully saturated rings. The average molecular weight is 197 g/mol. The molecule has 0 aromatic carbocycles. The lowest BCUT2D eigenvalue weighted by Crippen LogP contribution is -2.06. The topological polar surface area (TPSA) is 62.3 Å². The van der Waals surface area contributed by atoms with Gasteiger partial charge in [-0.25, -0.2) is 4.79 Å². The molecule has 78 valence electrons. The van der Waals surface area contributed by atoms with E-state index in [4.69, 9.17) is 9.84 Å². The largest absolute Gasteiger partial charge is 0.462 e. The zero-order valence-electron chi connectivity index (χ0n) is 8.68. The number of carbonyl (C=O) groups excluding carboxylic acids is 1. The number of aliphatic hydroxyl groups excluding tert-OH is 1. The number of aromatic amines is 1. The second-order valence-electron chi connectivity index (χ2n) is 3.11. The molecule has 1 heterocycles. The van der Waals surface area contributed by atoms with Gasteiger partial charge in [0.1, 0.15) is 0 Å². The molecule has 2 N–H and O–H groups in total. The summed E-state index contributed by atoms with van der Waals surface area (Å²) in [4.78, 5) is 14.4. The maximum atomic E-state index is 11.5. The first-order valence-electron chi connectivity index (χ1n) is 4.57. The molecule has 0 aliphatic carbocycles. The number of H-pyrrole nitrogens is 1. The van der Waals surface area contributed by atoms with Crippen molar-refractivity contribution >= 4 is 5.97 Å². The summed E-state index contributed by atoms with van der Waals surface area (Å²) in [6, 6.07) is 0. The van der Waals surface area contributed by atoms with Crippen LogP contribution in [0.25, 0.3) is 0 Å². The zero-order valence-corrected chi connectivity index (χ0v) is 8.68. The van der Waals surface area contributed by atoms with Crippen molar-refractivity contribution in [3.63, 3.8) is 0 Å². The maximum Gasteiger partial charge on any atom is 0.340 e. The molecule has 4 nitrogen and oxygen atoms in total. The van der Waals surface area contributed by atoms with E-state index < -0.39 is 0 Å². The lowest BCUT2D eigenvalue weighted by Gasteiger charge is -2.01. The molecule has 1 aromatic heterocycles. The Kier molecular flexibility index (Phi) is 3.30. The Morgan fingerprint density at radius 2 is 2.14 bits per heavy atom. The van der Waals surface area contributed by atoms with Crippen molar-refractivity contribution in [3.05, 3.63) is 22.5 Å². The van der Waals surface area contributed by atoms with Gasteiger partial charge in [-0.2, -0.15) is 0 Å². The third-order valence-corrected chi connectivity index (χ3v) is 2.18. The molecule has 0 atom stereocenters. The Bertz CT molecular complexity index is 341. The molecule has 0 bridgehead atoms. The van der Waals surface area contributed by atoms with Crippen LogP contribution >= 0.6 is 0 Å². The minimum Gasteiger partial charge on any atom is -0.462 e. The minimum absolute atomic E-state index is 0.0912. The number of hydrogen-bond donors (Lipinski definition) is 2. The normalized spacial score (nSPS) is 10.3. The summed E-state index contributed by atoms with van der Waals surface area (Å²) in [7, 11) is 0. The summed E-state index contributed by atoms with van der Waals surface area (Å²) < 4.78 is 4.91. The van der Waals surface area contributed by atoms with E-state index >= 15 is 0 Å². The molecule has 0 amide bonds. The number of aryl methyl sites for hydroxylation is 1. The van der Waals surface area contributed by atoms with E-state index in [1.807, 2.05) is 0 Å². The van der Waals surface area contributed by atoms with Gasteiger partial charge in [0.25, 0.3) is 0 Å². The van der Waals surface area contributed by atoms with Gasteiger partial charge in [0.2, 0.25) is 0 Å². The van der Waals surface area contributed by atoms with E-state index in [1.54, 1.807) is 20.8 Å². The summed E-state index contributed by atoms with van der Waals surface area (Å²) >= 11 is 0. The summed E-state index contributed by atoms with van der Waals surface area (Å²) in [6.07, 6.45) is 0. The van der Waals surface area contributed by atoms with Crippen LogP contribution in [-0.2, 0) is 11.3 Å². The van der Waals surface area contributed by atoms with Crippen LogP contribution in [0.3, 0.4) is 0 Å². The van der Waals surface area contributed by atoms with Crippen molar-refractivity contribution in [2.45, 2.75) is 27.4 Å². The highest BCUT2D eigenvalue weighted by Crippen LogP contribution is 2.18. The molecule has 0 radical (unpaired) electrons. The van der Waals surface area contributed by atoms with Crippen molar-refractivity contribution in [2.24, 2.45) is 0 Å². The van der Waals surface area contributed by atoms with Gasteiger partial charge in [-0.05, 0) is 26.3 Å². The molecule has 1 aromatic rings. The number of ether oxygens (including phenoxy) is 1.